The van der Waals surface area contributed by atoms with Gasteiger partial charge in [-0.2, -0.15) is 0 Å². The summed E-state index contributed by atoms with van der Waals surface area (Å²) in [5.74, 6) is 0. The fourth-order valence-electron chi connectivity index (χ4n) is 4.83. The Labute approximate surface area is 168 Å². The number of hydrogen-bond acceptors (Lipinski definition) is 1. The highest BCUT2D eigenvalue weighted by Gasteiger charge is 2.52. The largest absolute Gasteiger partial charge is 0.183 e. The van der Waals surface area contributed by atoms with Crippen molar-refractivity contribution in [2.45, 2.75) is 9.79 Å². The number of halogens is 1. The van der Waals surface area contributed by atoms with Crippen molar-refractivity contribution in [3.63, 3.8) is 0 Å². The van der Waals surface area contributed by atoms with E-state index in [1.165, 1.54) is 41.7 Å². The lowest BCUT2D eigenvalue weighted by Gasteiger charge is -2.37. The van der Waals surface area contributed by atoms with Crippen LogP contribution in [-0.4, -0.2) is 8.07 Å². The minimum Gasteiger partial charge on any atom is -0.0903 e. The van der Waals surface area contributed by atoms with Gasteiger partial charge in [0.15, 0.2) is 8.07 Å². The van der Waals surface area contributed by atoms with Gasteiger partial charge < -0.3 is 0 Å². The number of hydrogen-bond donors (Lipinski definition) is 0. The van der Waals surface area contributed by atoms with Crippen molar-refractivity contribution in [1.82, 2.24) is 0 Å². The van der Waals surface area contributed by atoms with E-state index < -0.39 is 8.07 Å². The molecule has 2 aliphatic rings. The van der Waals surface area contributed by atoms with Gasteiger partial charge in [-0.05, 0) is 56.1 Å². The third kappa shape index (κ3) is 1.96. The molecule has 3 heteroatoms. The van der Waals surface area contributed by atoms with Crippen LogP contribution in [0.5, 0.6) is 0 Å². The van der Waals surface area contributed by atoms with Crippen LogP contribution < -0.4 is 20.7 Å². The SMILES string of the molecule is Clc1ccc2c(c1)[Si]1(c3ccccc3Sc3ccccc31)c1ccccc1-2. The van der Waals surface area contributed by atoms with Gasteiger partial charge in [-0.15, -0.1) is 0 Å². The van der Waals surface area contributed by atoms with Crippen molar-refractivity contribution >= 4 is 52.2 Å². The maximum atomic E-state index is 6.54. The van der Waals surface area contributed by atoms with E-state index in [9.17, 15) is 0 Å². The smallest absolute Gasteiger partial charge is 0.0903 e. The zero-order valence-electron chi connectivity index (χ0n) is 14.4. The minimum atomic E-state index is -2.34. The zero-order chi connectivity index (χ0) is 18.0. The van der Waals surface area contributed by atoms with Gasteiger partial charge in [0.2, 0.25) is 0 Å². The van der Waals surface area contributed by atoms with E-state index in [4.69, 9.17) is 11.6 Å². The first-order chi connectivity index (χ1) is 13.3. The molecule has 27 heavy (non-hydrogen) atoms. The molecule has 0 amide bonds. The predicted molar refractivity (Wildman–Crippen MR) is 118 cm³/mol. The summed E-state index contributed by atoms with van der Waals surface area (Å²) in [5.41, 5.74) is 2.71. The van der Waals surface area contributed by atoms with E-state index in [-0.39, 0.29) is 0 Å². The van der Waals surface area contributed by atoms with Gasteiger partial charge in [0.1, 0.15) is 0 Å². The highest BCUT2D eigenvalue weighted by atomic mass is 35.5. The second-order valence-electron chi connectivity index (χ2n) is 7.08. The maximum Gasteiger partial charge on any atom is 0.183 e. The molecule has 0 unspecified atom stereocenters. The van der Waals surface area contributed by atoms with E-state index in [0.717, 1.165) is 5.02 Å². The summed E-state index contributed by atoms with van der Waals surface area (Å²) in [5, 5.41) is 6.71. The maximum absolute atomic E-state index is 6.54. The van der Waals surface area contributed by atoms with Crippen LogP contribution >= 0.6 is 23.4 Å². The summed E-state index contributed by atoms with van der Waals surface area (Å²) in [7, 11) is -2.34. The second kappa shape index (κ2) is 5.62. The van der Waals surface area contributed by atoms with E-state index in [1.54, 1.807) is 0 Å². The third-order valence-electron chi connectivity index (χ3n) is 5.81. The first-order valence-electron chi connectivity index (χ1n) is 9.07. The molecular weight excluding hydrogens is 384 g/mol. The van der Waals surface area contributed by atoms with Gasteiger partial charge in [-0.1, -0.05) is 90.1 Å². The molecule has 0 bridgehead atoms. The molecule has 1 spiro atoms. The molecule has 128 valence electrons. The standard InChI is InChI=1S/C24H15ClSSi/c25-16-13-14-18-17-7-1-4-10-21(17)27(24(18)15-16)22-11-5-2-8-19(22)26-20-9-3-6-12-23(20)27/h1-15H. The highest BCUT2D eigenvalue weighted by Crippen LogP contribution is 2.37. The van der Waals surface area contributed by atoms with E-state index in [1.807, 2.05) is 17.8 Å². The normalized spacial score (nSPS) is 15.0. The molecular formula is C24H15ClSSi. The summed E-state index contributed by atoms with van der Waals surface area (Å²) in [4.78, 5) is 2.76. The lowest BCUT2D eigenvalue weighted by Crippen LogP contribution is -2.74. The average molecular weight is 399 g/mol. The van der Waals surface area contributed by atoms with Crippen molar-refractivity contribution in [1.29, 1.82) is 0 Å². The molecule has 0 atom stereocenters. The van der Waals surface area contributed by atoms with Crippen molar-refractivity contribution in [2.75, 3.05) is 0 Å². The zero-order valence-corrected chi connectivity index (χ0v) is 17.0. The highest BCUT2D eigenvalue weighted by molar-refractivity contribution is 8.00. The topological polar surface area (TPSA) is 0 Å². The molecule has 0 radical (unpaired) electrons. The van der Waals surface area contributed by atoms with Gasteiger partial charge in [0.05, 0.1) is 0 Å². The summed E-state index contributed by atoms with van der Waals surface area (Å²) >= 11 is 8.44. The Morgan fingerprint density at radius 1 is 0.556 bits per heavy atom. The molecule has 0 saturated carbocycles. The summed E-state index contributed by atoms with van der Waals surface area (Å²) in [6.45, 7) is 0. The lowest BCUT2D eigenvalue weighted by molar-refractivity contribution is 1.42. The molecule has 4 aromatic carbocycles. The predicted octanol–water partition coefficient (Wildman–Crippen LogP) is 4.16. The van der Waals surface area contributed by atoms with Crippen molar-refractivity contribution in [2.24, 2.45) is 0 Å². The molecule has 2 aliphatic heterocycles. The summed E-state index contributed by atoms with van der Waals surface area (Å²) in [6, 6.07) is 33.4. The Morgan fingerprint density at radius 3 is 1.81 bits per heavy atom. The van der Waals surface area contributed by atoms with Crippen LogP contribution in [0.4, 0.5) is 0 Å². The van der Waals surface area contributed by atoms with Gasteiger partial charge in [-0.3, -0.25) is 0 Å². The van der Waals surface area contributed by atoms with Gasteiger partial charge >= 0.3 is 0 Å². The van der Waals surface area contributed by atoms with E-state index >= 15 is 0 Å². The Bertz CT molecular complexity index is 1180. The molecule has 0 fully saturated rings. The van der Waals surface area contributed by atoms with Crippen molar-refractivity contribution in [3.05, 3.63) is 96.0 Å². The molecule has 0 nitrogen and oxygen atoms in total. The molecule has 0 aromatic heterocycles. The Hall–Kier alpha value is -2.26. The molecule has 0 aliphatic carbocycles. The molecule has 2 heterocycles. The van der Waals surface area contributed by atoms with Crippen LogP contribution in [-0.2, 0) is 0 Å². The summed E-state index contributed by atoms with van der Waals surface area (Å²) in [6.07, 6.45) is 0. The Morgan fingerprint density at radius 2 is 1.11 bits per heavy atom. The van der Waals surface area contributed by atoms with Gasteiger partial charge in [-0.25, -0.2) is 0 Å². The van der Waals surface area contributed by atoms with Crippen molar-refractivity contribution < 1.29 is 0 Å². The number of fused-ring (bicyclic) bond motifs is 9. The van der Waals surface area contributed by atoms with Gasteiger partial charge in [0, 0.05) is 14.8 Å². The third-order valence-corrected chi connectivity index (χ3v) is 12.5. The molecule has 0 N–H and O–H groups in total. The Balaban J connectivity index is 1.87. The average Bonchev–Trinajstić information content (AvgIpc) is 2.99. The van der Waals surface area contributed by atoms with E-state index in [0.29, 0.717) is 0 Å². The first-order valence-corrected chi connectivity index (χ1v) is 12.3. The Kier molecular flexibility index (Phi) is 3.28. The van der Waals surface area contributed by atoms with Crippen molar-refractivity contribution in [3.8, 4) is 11.1 Å². The quantitative estimate of drug-likeness (QED) is 0.346. The molecule has 4 aromatic rings. The van der Waals surface area contributed by atoms with Crippen LogP contribution in [0.1, 0.15) is 0 Å². The van der Waals surface area contributed by atoms with Gasteiger partial charge in [0.25, 0.3) is 0 Å². The minimum absolute atomic E-state index is 0.821. The first kappa shape index (κ1) is 15.8. The fourth-order valence-corrected chi connectivity index (χ4v) is 12.5. The number of rotatable bonds is 0. The van der Waals surface area contributed by atoms with Crippen LogP contribution in [0.15, 0.2) is 101 Å². The lowest BCUT2D eigenvalue weighted by atomic mass is 10.1. The van der Waals surface area contributed by atoms with E-state index in [2.05, 4.69) is 84.9 Å². The van der Waals surface area contributed by atoms with Crippen LogP contribution in [0.3, 0.4) is 0 Å². The van der Waals surface area contributed by atoms with Crippen LogP contribution in [0.2, 0.25) is 5.02 Å². The second-order valence-corrected chi connectivity index (χ2v) is 12.3. The summed E-state index contributed by atoms with van der Waals surface area (Å²) < 4.78 is 0. The van der Waals surface area contributed by atoms with Crippen LogP contribution in [0.25, 0.3) is 11.1 Å². The number of benzene rings is 4. The van der Waals surface area contributed by atoms with Crippen LogP contribution in [0, 0.1) is 0 Å². The monoisotopic (exact) mass is 398 g/mol. The molecule has 6 rings (SSSR count). The molecule has 0 saturated heterocycles. The fraction of sp³-hybridized carbons (Fsp3) is 0.